The first kappa shape index (κ1) is 20.4. The smallest absolute Gasteiger partial charge is 0.405 e. The van der Waals surface area contributed by atoms with E-state index in [4.69, 9.17) is 10.5 Å². The van der Waals surface area contributed by atoms with Crippen LogP contribution in [0.4, 0.5) is 4.79 Å². The molecule has 1 aromatic heterocycles. The second-order valence-electron chi connectivity index (χ2n) is 7.23. The minimum atomic E-state index is -1.53. The number of nitrogens with two attached hydrogens (primary N) is 1. The third-order valence-electron chi connectivity index (χ3n) is 4.89. The third kappa shape index (κ3) is 4.94. The van der Waals surface area contributed by atoms with Crippen molar-refractivity contribution < 1.29 is 19.4 Å². The number of carbonyl (C=O) groups is 2. The van der Waals surface area contributed by atoms with Gasteiger partial charge in [0.15, 0.2) is 5.60 Å². The summed E-state index contributed by atoms with van der Waals surface area (Å²) >= 11 is 0. The van der Waals surface area contributed by atoms with E-state index in [0.29, 0.717) is 6.42 Å². The average Bonchev–Trinajstić information content (AvgIpc) is 3.10. The molecule has 0 radical (unpaired) electrons. The number of aromatic amines is 1. The first-order valence-electron chi connectivity index (χ1n) is 9.40. The Morgan fingerprint density at radius 3 is 2.55 bits per heavy atom. The molecular formula is C22H25N3O4. The van der Waals surface area contributed by atoms with Gasteiger partial charge in [-0.1, -0.05) is 48.5 Å². The number of H-pyrrole nitrogens is 1. The number of para-hydroxylation sites is 1. The van der Waals surface area contributed by atoms with Gasteiger partial charge in [0.1, 0.15) is 0 Å². The molecule has 2 aromatic carbocycles. The molecule has 0 aliphatic rings. The van der Waals surface area contributed by atoms with Crippen LogP contribution in [-0.4, -0.2) is 40.3 Å². The molecule has 0 spiro atoms. The van der Waals surface area contributed by atoms with Gasteiger partial charge in [0, 0.05) is 23.5 Å². The monoisotopic (exact) mass is 395 g/mol. The van der Waals surface area contributed by atoms with Crippen LogP contribution in [0.2, 0.25) is 0 Å². The summed E-state index contributed by atoms with van der Waals surface area (Å²) in [5, 5.41) is 13.5. The number of ether oxygens (including phenoxy) is 1. The molecule has 152 valence electrons. The fourth-order valence-electron chi connectivity index (χ4n) is 3.42. The largest absolute Gasteiger partial charge is 0.433 e. The molecular weight excluding hydrogens is 370 g/mol. The summed E-state index contributed by atoms with van der Waals surface area (Å²) in [6.07, 6.45) is 1.33. The number of aromatic nitrogens is 1. The van der Waals surface area contributed by atoms with Crippen molar-refractivity contribution in [3.8, 4) is 0 Å². The van der Waals surface area contributed by atoms with E-state index >= 15 is 0 Å². The first-order valence-corrected chi connectivity index (χ1v) is 9.40. The molecule has 0 saturated heterocycles. The normalized spacial score (nSPS) is 14.1. The Balaban J connectivity index is 1.80. The predicted molar refractivity (Wildman–Crippen MR) is 110 cm³/mol. The number of hydrogen-bond donors (Lipinski definition) is 4. The SMILES string of the molecule is CC(Cc1c[nH]c2ccccc12)(OC(N)=O)C(=O)NC(CO)Cc1ccccc1. The molecule has 0 aliphatic carbocycles. The van der Waals surface area contributed by atoms with Gasteiger partial charge in [-0.15, -0.1) is 0 Å². The van der Waals surface area contributed by atoms with E-state index < -0.39 is 23.6 Å². The minimum absolute atomic E-state index is 0.134. The Hall–Kier alpha value is -3.32. The summed E-state index contributed by atoms with van der Waals surface area (Å²) in [7, 11) is 0. The molecule has 0 aliphatic heterocycles. The molecule has 0 fully saturated rings. The van der Waals surface area contributed by atoms with E-state index in [9.17, 15) is 14.7 Å². The number of aliphatic hydroxyl groups excluding tert-OH is 1. The van der Waals surface area contributed by atoms with E-state index in [1.54, 1.807) is 6.20 Å². The number of primary amides is 1. The van der Waals surface area contributed by atoms with Crippen molar-refractivity contribution in [3.63, 3.8) is 0 Å². The highest BCUT2D eigenvalue weighted by Gasteiger charge is 2.39. The molecule has 2 amide bonds. The lowest BCUT2D eigenvalue weighted by molar-refractivity contribution is -0.139. The van der Waals surface area contributed by atoms with Crippen molar-refractivity contribution in [1.29, 1.82) is 0 Å². The Bertz CT molecular complexity index is 986. The number of carbonyl (C=O) groups excluding carboxylic acids is 2. The highest BCUT2D eigenvalue weighted by atomic mass is 16.6. The number of amides is 2. The Morgan fingerprint density at radius 2 is 1.86 bits per heavy atom. The number of nitrogens with one attached hydrogen (secondary N) is 2. The summed E-state index contributed by atoms with van der Waals surface area (Å²) in [5.41, 5.74) is 6.43. The zero-order valence-corrected chi connectivity index (χ0v) is 16.2. The fourth-order valence-corrected chi connectivity index (χ4v) is 3.42. The lowest BCUT2D eigenvalue weighted by atomic mass is 9.94. The maximum absolute atomic E-state index is 13.1. The summed E-state index contributed by atoms with van der Waals surface area (Å²) in [4.78, 5) is 27.7. The van der Waals surface area contributed by atoms with Gasteiger partial charge in [-0.05, 0) is 30.5 Å². The van der Waals surface area contributed by atoms with Crippen LogP contribution < -0.4 is 11.1 Å². The number of rotatable bonds is 8. The summed E-state index contributed by atoms with van der Waals surface area (Å²) in [6.45, 7) is 1.27. The van der Waals surface area contributed by atoms with Gasteiger partial charge in [0.2, 0.25) is 0 Å². The van der Waals surface area contributed by atoms with Crippen molar-refractivity contribution in [3.05, 3.63) is 71.9 Å². The maximum Gasteiger partial charge on any atom is 0.405 e. The molecule has 3 aromatic rings. The van der Waals surface area contributed by atoms with E-state index in [1.807, 2.05) is 54.6 Å². The lowest BCUT2D eigenvalue weighted by Crippen LogP contribution is -2.54. The van der Waals surface area contributed by atoms with E-state index in [0.717, 1.165) is 22.0 Å². The number of aliphatic hydroxyl groups is 1. The van der Waals surface area contributed by atoms with Crippen molar-refractivity contribution in [2.75, 3.05) is 6.61 Å². The minimum Gasteiger partial charge on any atom is -0.433 e. The van der Waals surface area contributed by atoms with E-state index in [2.05, 4.69) is 10.3 Å². The van der Waals surface area contributed by atoms with Gasteiger partial charge in [0.25, 0.3) is 5.91 Å². The lowest BCUT2D eigenvalue weighted by Gasteiger charge is -2.29. The fraction of sp³-hybridized carbons (Fsp3) is 0.273. The van der Waals surface area contributed by atoms with Crippen molar-refractivity contribution in [2.24, 2.45) is 5.73 Å². The van der Waals surface area contributed by atoms with E-state index in [1.165, 1.54) is 6.92 Å². The molecule has 0 saturated carbocycles. The molecule has 0 bridgehead atoms. The average molecular weight is 395 g/mol. The Labute approximate surface area is 168 Å². The van der Waals surface area contributed by atoms with Crippen LogP contribution >= 0.6 is 0 Å². The number of fused-ring (bicyclic) bond motifs is 1. The molecule has 5 N–H and O–H groups in total. The van der Waals surface area contributed by atoms with Gasteiger partial charge >= 0.3 is 6.09 Å². The predicted octanol–water partition coefficient (Wildman–Crippen LogP) is 2.28. The topological polar surface area (TPSA) is 117 Å². The number of hydrogen-bond acceptors (Lipinski definition) is 4. The summed E-state index contributed by atoms with van der Waals surface area (Å²) in [5.74, 6) is -0.517. The van der Waals surface area contributed by atoms with Crippen molar-refractivity contribution in [1.82, 2.24) is 10.3 Å². The van der Waals surface area contributed by atoms with Gasteiger partial charge in [-0.2, -0.15) is 0 Å². The van der Waals surface area contributed by atoms with Gasteiger partial charge < -0.3 is 25.9 Å². The molecule has 7 nitrogen and oxygen atoms in total. The van der Waals surface area contributed by atoms with Crippen LogP contribution in [-0.2, 0) is 22.4 Å². The number of benzene rings is 2. The van der Waals surface area contributed by atoms with Crippen molar-refractivity contribution in [2.45, 2.75) is 31.4 Å². The van der Waals surface area contributed by atoms with Gasteiger partial charge in [-0.3, -0.25) is 4.79 Å². The van der Waals surface area contributed by atoms with Crippen LogP contribution in [0, 0.1) is 0 Å². The molecule has 29 heavy (non-hydrogen) atoms. The van der Waals surface area contributed by atoms with Gasteiger partial charge in [-0.25, -0.2) is 4.79 Å². The quantitative estimate of drug-likeness (QED) is 0.468. The summed E-state index contributed by atoms with van der Waals surface area (Å²) < 4.78 is 5.25. The second-order valence-corrected chi connectivity index (χ2v) is 7.23. The molecule has 7 heteroatoms. The van der Waals surface area contributed by atoms with Crippen LogP contribution in [0.25, 0.3) is 10.9 Å². The van der Waals surface area contributed by atoms with Crippen molar-refractivity contribution >= 4 is 22.9 Å². The first-order chi connectivity index (χ1) is 13.9. The van der Waals surface area contributed by atoms with Crippen LogP contribution in [0.3, 0.4) is 0 Å². The van der Waals surface area contributed by atoms with E-state index in [-0.39, 0.29) is 13.0 Å². The molecule has 1 heterocycles. The van der Waals surface area contributed by atoms with Gasteiger partial charge in [0.05, 0.1) is 12.6 Å². The zero-order chi connectivity index (χ0) is 20.9. The van der Waals surface area contributed by atoms with Crippen LogP contribution in [0.1, 0.15) is 18.1 Å². The van der Waals surface area contributed by atoms with Crippen LogP contribution in [0.15, 0.2) is 60.8 Å². The molecule has 3 rings (SSSR count). The zero-order valence-electron chi connectivity index (χ0n) is 16.2. The van der Waals surface area contributed by atoms with Crippen LogP contribution in [0.5, 0.6) is 0 Å². The summed E-state index contributed by atoms with van der Waals surface area (Å²) in [6, 6.07) is 16.6. The highest BCUT2D eigenvalue weighted by Crippen LogP contribution is 2.25. The standard InChI is InChI=1S/C22H25N3O4/c1-22(29-21(23)28,12-16-13-24-19-10-6-5-9-18(16)19)20(27)25-17(14-26)11-15-7-3-2-4-8-15/h2-10,13,17,24,26H,11-12,14H2,1H3,(H2,23,28)(H,25,27). The molecule has 2 atom stereocenters. The highest BCUT2D eigenvalue weighted by molar-refractivity contribution is 5.89. The Morgan fingerprint density at radius 1 is 1.17 bits per heavy atom. The maximum atomic E-state index is 13.1. The molecule has 2 unspecified atom stereocenters. The third-order valence-corrected chi connectivity index (χ3v) is 4.89. The second kappa shape index (κ2) is 8.79. The Kier molecular flexibility index (Phi) is 6.19.